The molecule has 0 aliphatic rings. The molecule has 0 aliphatic heterocycles. The van der Waals surface area contributed by atoms with E-state index < -0.39 is 11.8 Å². The molecule has 5 nitrogen and oxygen atoms in total. The summed E-state index contributed by atoms with van der Waals surface area (Å²) in [5, 5.41) is 12.2. The number of nitrogens with zero attached hydrogens (tertiary/aromatic N) is 1. The summed E-state index contributed by atoms with van der Waals surface area (Å²) in [5.41, 5.74) is 2.78. The third-order valence-corrected chi connectivity index (χ3v) is 5.73. The zero-order chi connectivity index (χ0) is 20.8. The first-order valence-corrected chi connectivity index (χ1v) is 10.9. The fraction of sp³-hybridized carbons (Fsp3) is 0. The predicted octanol–water partition coefficient (Wildman–Crippen LogP) is 5.53. The van der Waals surface area contributed by atoms with E-state index in [0.29, 0.717) is 17.1 Å². The quantitative estimate of drug-likeness (QED) is 0.239. The van der Waals surface area contributed by atoms with Crippen LogP contribution in [0.1, 0.15) is 5.69 Å². The van der Waals surface area contributed by atoms with Crippen LogP contribution in [0.2, 0.25) is 0 Å². The summed E-state index contributed by atoms with van der Waals surface area (Å²) in [4.78, 5) is 30.4. The van der Waals surface area contributed by atoms with Crippen molar-refractivity contribution in [1.82, 2.24) is 4.98 Å². The molecular formula is C23H17N3O2S2. The van der Waals surface area contributed by atoms with Crippen molar-refractivity contribution >= 4 is 51.9 Å². The first-order chi connectivity index (χ1) is 14.7. The number of para-hydroxylation sites is 2. The minimum Gasteiger partial charge on any atom is -0.322 e. The SMILES string of the molecule is O=C(Nc1ccccc1)C(=Cc1csc(-c2ccsc2)n1)C(=O)Nc1ccccc1. The van der Waals surface area contributed by atoms with Crippen LogP contribution in [0.25, 0.3) is 16.6 Å². The van der Waals surface area contributed by atoms with Gasteiger partial charge in [0, 0.05) is 27.7 Å². The zero-order valence-corrected chi connectivity index (χ0v) is 17.4. The van der Waals surface area contributed by atoms with E-state index in [-0.39, 0.29) is 5.57 Å². The third kappa shape index (κ3) is 4.89. The zero-order valence-electron chi connectivity index (χ0n) is 15.7. The summed E-state index contributed by atoms with van der Waals surface area (Å²) in [7, 11) is 0. The highest BCUT2D eigenvalue weighted by atomic mass is 32.1. The molecule has 2 aromatic carbocycles. The number of aromatic nitrogens is 1. The lowest BCUT2D eigenvalue weighted by Gasteiger charge is -2.10. The summed E-state index contributed by atoms with van der Waals surface area (Å²) >= 11 is 3.06. The molecule has 4 rings (SSSR count). The molecule has 0 bridgehead atoms. The van der Waals surface area contributed by atoms with Gasteiger partial charge in [-0.2, -0.15) is 11.3 Å². The van der Waals surface area contributed by atoms with Crippen molar-refractivity contribution in [3.8, 4) is 10.6 Å². The van der Waals surface area contributed by atoms with Crippen LogP contribution in [0.15, 0.2) is 88.4 Å². The van der Waals surface area contributed by atoms with E-state index in [1.165, 1.54) is 17.4 Å². The van der Waals surface area contributed by atoms with Crippen LogP contribution >= 0.6 is 22.7 Å². The maximum absolute atomic E-state index is 12.9. The molecule has 148 valence electrons. The fourth-order valence-corrected chi connectivity index (χ4v) is 4.18. The monoisotopic (exact) mass is 431 g/mol. The first kappa shape index (κ1) is 19.8. The standard InChI is InChI=1S/C23H17N3O2S2/c27-21(24-17-7-3-1-4-8-17)20(22(28)25-18-9-5-2-6-10-18)13-19-15-30-23(26-19)16-11-12-29-14-16/h1-15H,(H,24,27)(H,25,28). The Morgan fingerprint density at radius 2 is 1.40 bits per heavy atom. The van der Waals surface area contributed by atoms with E-state index in [0.717, 1.165) is 10.6 Å². The Bertz CT molecular complexity index is 1110. The van der Waals surface area contributed by atoms with Crippen LogP contribution in [-0.2, 0) is 9.59 Å². The Morgan fingerprint density at radius 1 is 0.800 bits per heavy atom. The van der Waals surface area contributed by atoms with Crippen molar-refractivity contribution in [2.24, 2.45) is 0 Å². The number of thiophene rings is 1. The normalized spacial score (nSPS) is 10.3. The van der Waals surface area contributed by atoms with Crippen molar-refractivity contribution in [3.05, 3.63) is 94.1 Å². The second-order valence-corrected chi connectivity index (χ2v) is 7.93. The van der Waals surface area contributed by atoms with E-state index >= 15 is 0 Å². The average Bonchev–Trinajstić information content (AvgIpc) is 3.45. The van der Waals surface area contributed by atoms with Crippen LogP contribution in [0, 0.1) is 0 Å². The number of amides is 2. The maximum Gasteiger partial charge on any atom is 0.261 e. The number of anilines is 2. The van der Waals surface area contributed by atoms with Crippen molar-refractivity contribution < 1.29 is 9.59 Å². The molecule has 0 radical (unpaired) electrons. The van der Waals surface area contributed by atoms with E-state index in [4.69, 9.17) is 0 Å². The Labute approximate surface area is 181 Å². The van der Waals surface area contributed by atoms with Gasteiger partial charge in [-0.05, 0) is 41.8 Å². The van der Waals surface area contributed by atoms with Crippen molar-refractivity contribution in [2.45, 2.75) is 0 Å². The lowest BCUT2D eigenvalue weighted by Crippen LogP contribution is -2.25. The van der Waals surface area contributed by atoms with Gasteiger partial charge in [-0.3, -0.25) is 9.59 Å². The molecule has 0 saturated carbocycles. The molecule has 0 saturated heterocycles. The van der Waals surface area contributed by atoms with Gasteiger partial charge in [0.2, 0.25) is 0 Å². The highest BCUT2D eigenvalue weighted by molar-refractivity contribution is 7.14. The number of nitrogens with one attached hydrogen (secondary N) is 2. The van der Waals surface area contributed by atoms with E-state index in [1.54, 1.807) is 35.6 Å². The Hall–Kier alpha value is -3.55. The lowest BCUT2D eigenvalue weighted by atomic mass is 10.1. The molecular weight excluding hydrogens is 414 g/mol. The maximum atomic E-state index is 12.9. The molecule has 2 amide bonds. The predicted molar refractivity (Wildman–Crippen MR) is 124 cm³/mol. The smallest absolute Gasteiger partial charge is 0.261 e. The highest BCUT2D eigenvalue weighted by Gasteiger charge is 2.20. The van der Waals surface area contributed by atoms with Gasteiger partial charge in [-0.25, -0.2) is 4.98 Å². The number of thiazole rings is 1. The Balaban J connectivity index is 1.63. The van der Waals surface area contributed by atoms with Gasteiger partial charge in [0.15, 0.2) is 0 Å². The van der Waals surface area contributed by atoms with Gasteiger partial charge in [0.1, 0.15) is 10.6 Å². The molecule has 4 aromatic rings. The minimum atomic E-state index is -0.500. The van der Waals surface area contributed by atoms with Crippen molar-refractivity contribution in [3.63, 3.8) is 0 Å². The molecule has 0 aliphatic carbocycles. The van der Waals surface area contributed by atoms with Crippen LogP contribution < -0.4 is 10.6 Å². The fourth-order valence-electron chi connectivity index (χ4n) is 2.69. The largest absolute Gasteiger partial charge is 0.322 e. The molecule has 0 fully saturated rings. The van der Waals surface area contributed by atoms with E-state index in [1.807, 2.05) is 58.6 Å². The molecule has 30 heavy (non-hydrogen) atoms. The molecule has 7 heteroatoms. The van der Waals surface area contributed by atoms with Crippen LogP contribution in [0.5, 0.6) is 0 Å². The second kappa shape index (κ2) is 9.30. The molecule has 0 spiro atoms. The van der Waals surface area contributed by atoms with Gasteiger partial charge in [0.25, 0.3) is 11.8 Å². The number of rotatable bonds is 6. The lowest BCUT2D eigenvalue weighted by molar-refractivity contribution is -0.118. The van der Waals surface area contributed by atoms with Crippen LogP contribution in [-0.4, -0.2) is 16.8 Å². The van der Waals surface area contributed by atoms with E-state index in [9.17, 15) is 9.59 Å². The molecule has 2 aromatic heterocycles. The van der Waals surface area contributed by atoms with Crippen molar-refractivity contribution in [2.75, 3.05) is 10.6 Å². The van der Waals surface area contributed by atoms with Gasteiger partial charge in [-0.15, -0.1) is 11.3 Å². The summed E-state index contributed by atoms with van der Waals surface area (Å²) in [6.45, 7) is 0. The van der Waals surface area contributed by atoms with E-state index in [2.05, 4.69) is 15.6 Å². The topological polar surface area (TPSA) is 71.1 Å². The second-order valence-electron chi connectivity index (χ2n) is 6.29. The number of carbonyl (C=O) groups is 2. The third-order valence-electron chi connectivity index (χ3n) is 4.13. The minimum absolute atomic E-state index is 0.0233. The molecule has 0 unspecified atom stereocenters. The number of hydrogen-bond donors (Lipinski definition) is 2. The summed E-state index contributed by atoms with van der Waals surface area (Å²) < 4.78 is 0. The van der Waals surface area contributed by atoms with Gasteiger partial charge in [-0.1, -0.05) is 36.4 Å². The molecule has 0 atom stereocenters. The first-order valence-electron chi connectivity index (χ1n) is 9.11. The number of carbonyl (C=O) groups excluding carboxylic acids is 2. The van der Waals surface area contributed by atoms with Gasteiger partial charge >= 0.3 is 0 Å². The highest BCUT2D eigenvalue weighted by Crippen LogP contribution is 2.26. The summed E-state index contributed by atoms with van der Waals surface area (Å²) in [6, 6.07) is 20.0. The van der Waals surface area contributed by atoms with Gasteiger partial charge in [0.05, 0.1) is 5.69 Å². The van der Waals surface area contributed by atoms with Gasteiger partial charge < -0.3 is 10.6 Å². The summed E-state index contributed by atoms with van der Waals surface area (Å²) in [6.07, 6.45) is 1.52. The average molecular weight is 432 g/mol. The molecule has 2 heterocycles. The Morgan fingerprint density at radius 3 is 1.93 bits per heavy atom. The summed E-state index contributed by atoms with van der Waals surface area (Å²) in [5.74, 6) is -1.00. The van der Waals surface area contributed by atoms with Crippen LogP contribution in [0.3, 0.4) is 0 Å². The number of benzene rings is 2. The van der Waals surface area contributed by atoms with Crippen LogP contribution in [0.4, 0.5) is 11.4 Å². The number of hydrogen-bond acceptors (Lipinski definition) is 5. The van der Waals surface area contributed by atoms with Crippen molar-refractivity contribution in [1.29, 1.82) is 0 Å². The molecule has 2 N–H and O–H groups in total. The Kier molecular flexibility index (Phi) is 6.12.